The highest BCUT2D eigenvalue weighted by Gasteiger charge is 2.14. The van der Waals surface area contributed by atoms with Crippen LogP contribution in [0.25, 0.3) is 0 Å². The molecule has 2 aromatic rings. The van der Waals surface area contributed by atoms with Gasteiger partial charge in [-0.2, -0.15) is 0 Å². The number of carbonyl (C=O) groups is 1. The van der Waals surface area contributed by atoms with Gasteiger partial charge in [-0.25, -0.2) is 9.18 Å². The number of rotatable bonds is 4. The zero-order valence-corrected chi connectivity index (χ0v) is 13.4. The summed E-state index contributed by atoms with van der Waals surface area (Å²) in [5.74, 6) is -0.440. The first-order chi connectivity index (χ1) is 10.0. The fourth-order valence-corrected chi connectivity index (χ4v) is 2.68. The Morgan fingerprint density at radius 2 is 2.10 bits per heavy atom. The second-order valence-corrected chi connectivity index (χ2v) is 5.44. The number of benzene rings is 2. The van der Waals surface area contributed by atoms with Crippen LogP contribution < -0.4 is 4.74 Å². The molecule has 110 valence electrons. The van der Waals surface area contributed by atoms with E-state index in [1.165, 1.54) is 25.3 Å². The van der Waals surface area contributed by atoms with Gasteiger partial charge >= 0.3 is 5.97 Å². The minimum Gasteiger partial charge on any atom is -0.486 e. The molecule has 0 unspecified atom stereocenters. The number of carbonyl (C=O) groups excluding carboxylic acids is 1. The Labute approximate surface area is 134 Å². The van der Waals surface area contributed by atoms with E-state index in [2.05, 4.69) is 20.7 Å². The van der Waals surface area contributed by atoms with E-state index in [0.29, 0.717) is 21.3 Å². The molecule has 21 heavy (non-hydrogen) atoms. The Hall–Kier alpha value is -1.59. The van der Waals surface area contributed by atoms with E-state index >= 15 is 0 Å². The van der Waals surface area contributed by atoms with Crippen LogP contribution in [0, 0.1) is 5.82 Å². The number of methoxy groups -OCH3 is 1. The standard InChI is InChI=1S/C15H11BrClFO3/c1-20-15(19)10-6-12(16)14(13(17)7-10)21-8-9-3-2-4-11(18)5-9/h2-7H,8H2,1H3. The van der Waals surface area contributed by atoms with Crippen LogP contribution in [0.5, 0.6) is 5.75 Å². The Morgan fingerprint density at radius 3 is 2.71 bits per heavy atom. The topological polar surface area (TPSA) is 35.5 Å². The van der Waals surface area contributed by atoms with Crippen molar-refractivity contribution in [3.8, 4) is 5.75 Å². The average Bonchev–Trinajstić information content (AvgIpc) is 2.45. The second kappa shape index (κ2) is 6.91. The van der Waals surface area contributed by atoms with Crippen LogP contribution in [-0.4, -0.2) is 13.1 Å². The van der Waals surface area contributed by atoms with Crippen molar-refractivity contribution >= 4 is 33.5 Å². The van der Waals surface area contributed by atoms with Crippen LogP contribution in [0.15, 0.2) is 40.9 Å². The maximum absolute atomic E-state index is 13.1. The van der Waals surface area contributed by atoms with Crippen LogP contribution in [0.3, 0.4) is 0 Å². The Balaban J connectivity index is 2.19. The lowest BCUT2D eigenvalue weighted by Gasteiger charge is -2.11. The van der Waals surface area contributed by atoms with Gasteiger partial charge in [0.15, 0.2) is 5.75 Å². The molecule has 2 rings (SSSR count). The summed E-state index contributed by atoms with van der Waals surface area (Å²) < 4.78 is 23.8. The molecule has 6 heteroatoms. The first-order valence-corrected chi connectivity index (χ1v) is 7.13. The summed E-state index contributed by atoms with van der Waals surface area (Å²) in [5.41, 5.74) is 0.988. The number of hydrogen-bond acceptors (Lipinski definition) is 3. The number of hydrogen-bond donors (Lipinski definition) is 0. The molecule has 0 spiro atoms. The van der Waals surface area contributed by atoms with Crippen LogP contribution in [0.2, 0.25) is 5.02 Å². The monoisotopic (exact) mass is 372 g/mol. The quantitative estimate of drug-likeness (QED) is 0.734. The molecule has 0 aliphatic carbocycles. The molecule has 0 N–H and O–H groups in total. The molecule has 0 fully saturated rings. The van der Waals surface area contributed by atoms with Gasteiger partial charge in [-0.3, -0.25) is 0 Å². The molecule has 0 amide bonds. The number of halogens is 3. The molecule has 0 radical (unpaired) electrons. The van der Waals surface area contributed by atoms with Gasteiger partial charge in [-0.15, -0.1) is 0 Å². The van der Waals surface area contributed by atoms with Crippen molar-refractivity contribution in [2.45, 2.75) is 6.61 Å². The zero-order valence-electron chi connectivity index (χ0n) is 11.0. The highest BCUT2D eigenvalue weighted by Crippen LogP contribution is 2.35. The van der Waals surface area contributed by atoms with Gasteiger partial charge in [-0.05, 0) is 45.8 Å². The third kappa shape index (κ3) is 3.95. The Kier molecular flexibility index (Phi) is 5.20. The Bertz CT molecular complexity index is 653. The maximum atomic E-state index is 13.1. The summed E-state index contributed by atoms with van der Waals surface area (Å²) in [6.07, 6.45) is 0. The summed E-state index contributed by atoms with van der Waals surface area (Å²) >= 11 is 9.39. The molecule has 2 aromatic carbocycles. The van der Waals surface area contributed by atoms with E-state index < -0.39 is 5.97 Å². The molecule has 0 atom stereocenters. The summed E-state index contributed by atoms with van der Waals surface area (Å²) in [6.45, 7) is 0.160. The van der Waals surface area contributed by atoms with Crippen LogP contribution in [0.1, 0.15) is 15.9 Å². The largest absolute Gasteiger partial charge is 0.486 e. The lowest BCUT2D eigenvalue weighted by atomic mass is 10.2. The van der Waals surface area contributed by atoms with Gasteiger partial charge in [0.25, 0.3) is 0 Å². The molecule has 0 saturated heterocycles. The Morgan fingerprint density at radius 1 is 1.33 bits per heavy atom. The molecule has 0 aromatic heterocycles. The third-order valence-electron chi connectivity index (χ3n) is 2.69. The van der Waals surface area contributed by atoms with Crippen molar-refractivity contribution in [2.75, 3.05) is 7.11 Å². The minimum atomic E-state index is -0.491. The minimum absolute atomic E-state index is 0.160. The van der Waals surface area contributed by atoms with Crippen LogP contribution in [-0.2, 0) is 11.3 Å². The first-order valence-electron chi connectivity index (χ1n) is 5.96. The van der Waals surface area contributed by atoms with Gasteiger partial charge in [0.2, 0.25) is 0 Å². The van der Waals surface area contributed by atoms with Crippen molar-refractivity contribution in [3.63, 3.8) is 0 Å². The van der Waals surface area contributed by atoms with Crippen molar-refractivity contribution in [1.82, 2.24) is 0 Å². The third-order valence-corrected chi connectivity index (χ3v) is 3.56. The summed E-state index contributed by atoms with van der Waals surface area (Å²) in [7, 11) is 1.29. The van der Waals surface area contributed by atoms with E-state index in [9.17, 15) is 9.18 Å². The van der Waals surface area contributed by atoms with Crippen LogP contribution in [0.4, 0.5) is 4.39 Å². The molecule has 0 aliphatic heterocycles. The van der Waals surface area contributed by atoms with E-state index in [1.807, 2.05) is 0 Å². The summed E-state index contributed by atoms with van der Waals surface area (Å²) in [4.78, 5) is 11.5. The van der Waals surface area contributed by atoms with Gasteiger partial charge in [0.05, 0.1) is 22.2 Å². The fourth-order valence-electron chi connectivity index (χ4n) is 1.72. The van der Waals surface area contributed by atoms with E-state index in [1.54, 1.807) is 18.2 Å². The van der Waals surface area contributed by atoms with Gasteiger partial charge in [0, 0.05) is 0 Å². The normalized spacial score (nSPS) is 10.3. The zero-order chi connectivity index (χ0) is 15.4. The number of ether oxygens (including phenoxy) is 2. The smallest absolute Gasteiger partial charge is 0.337 e. The van der Waals surface area contributed by atoms with Crippen LogP contribution >= 0.6 is 27.5 Å². The lowest BCUT2D eigenvalue weighted by Crippen LogP contribution is -2.03. The molecule has 0 bridgehead atoms. The van der Waals surface area contributed by atoms with E-state index in [0.717, 1.165) is 0 Å². The van der Waals surface area contributed by atoms with Crippen molar-refractivity contribution < 1.29 is 18.7 Å². The number of esters is 1. The van der Waals surface area contributed by atoms with E-state index in [-0.39, 0.29) is 17.4 Å². The highest BCUT2D eigenvalue weighted by atomic mass is 79.9. The van der Waals surface area contributed by atoms with Crippen molar-refractivity contribution in [3.05, 3.63) is 62.8 Å². The predicted octanol–water partition coefficient (Wildman–Crippen LogP) is 4.61. The van der Waals surface area contributed by atoms with Gasteiger partial charge in [0.1, 0.15) is 12.4 Å². The first kappa shape index (κ1) is 15.8. The average molecular weight is 374 g/mol. The van der Waals surface area contributed by atoms with Gasteiger partial charge in [-0.1, -0.05) is 23.7 Å². The highest BCUT2D eigenvalue weighted by molar-refractivity contribution is 9.10. The predicted molar refractivity (Wildman–Crippen MR) is 81.2 cm³/mol. The summed E-state index contributed by atoms with van der Waals surface area (Å²) in [5, 5.41) is 0.265. The fraction of sp³-hybridized carbons (Fsp3) is 0.133. The summed E-state index contributed by atoms with van der Waals surface area (Å²) in [6, 6.07) is 9.10. The molecular formula is C15H11BrClFO3. The molecule has 0 aliphatic rings. The molecule has 3 nitrogen and oxygen atoms in total. The maximum Gasteiger partial charge on any atom is 0.337 e. The second-order valence-electron chi connectivity index (χ2n) is 4.18. The van der Waals surface area contributed by atoms with Gasteiger partial charge < -0.3 is 9.47 Å². The lowest BCUT2D eigenvalue weighted by molar-refractivity contribution is 0.0600. The molecular weight excluding hydrogens is 363 g/mol. The van der Waals surface area contributed by atoms with E-state index in [4.69, 9.17) is 16.3 Å². The van der Waals surface area contributed by atoms with Crippen molar-refractivity contribution in [1.29, 1.82) is 0 Å². The SMILES string of the molecule is COC(=O)c1cc(Cl)c(OCc2cccc(F)c2)c(Br)c1. The molecule has 0 heterocycles. The molecule has 0 saturated carbocycles. The van der Waals surface area contributed by atoms with Crippen molar-refractivity contribution in [2.24, 2.45) is 0 Å².